The molecule has 1 fully saturated rings. The van der Waals surface area contributed by atoms with Gasteiger partial charge in [0.1, 0.15) is 5.82 Å². The van der Waals surface area contributed by atoms with Gasteiger partial charge in [-0.15, -0.1) is 0 Å². The summed E-state index contributed by atoms with van der Waals surface area (Å²) in [6.07, 6.45) is 7.44. The number of aromatic nitrogens is 3. The van der Waals surface area contributed by atoms with Crippen molar-refractivity contribution in [1.82, 2.24) is 19.3 Å². The Morgan fingerprint density at radius 2 is 1.78 bits per heavy atom. The average Bonchev–Trinajstić information content (AvgIpc) is 3.04. The Labute approximate surface area is 134 Å². The van der Waals surface area contributed by atoms with Gasteiger partial charge in [0.2, 0.25) is 0 Å². The van der Waals surface area contributed by atoms with Crippen molar-refractivity contribution in [2.45, 2.75) is 6.54 Å². The zero-order valence-corrected chi connectivity index (χ0v) is 12.8. The topological polar surface area (TPSA) is 36.7 Å². The molecule has 3 aromatic rings. The molecular formula is C17H18FN5. The minimum atomic E-state index is -0.170. The number of hydrogen-bond donors (Lipinski definition) is 0. The third-order valence-electron chi connectivity index (χ3n) is 4.26. The fourth-order valence-corrected chi connectivity index (χ4v) is 3.07. The third kappa shape index (κ3) is 2.90. The van der Waals surface area contributed by atoms with Crippen molar-refractivity contribution < 1.29 is 4.39 Å². The molecule has 6 heteroatoms. The highest BCUT2D eigenvalue weighted by atomic mass is 19.1. The molecule has 0 unspecified atom stereocenters. The number of halogens is 1. The van der Waals surface area contributed by atoms with Gasteiger partial charge in [-0.05, 0) is 17.7 Å². The molecule has 23 heavy (non-hydrogen) atoms. The van der Waals surface area contributed by atoms with Gasteiger partial charge in [-0.25, -0.2) is 14.4 Å². The zero-order valence-electron chi connectivity index (χ0n) is 12.8. The van der Waals surface area contributed by atoms with Crippen LogP contribution in [0.5, 0.6) is 0 Å². The third-order valence-corrected chi connectivity index (χ3v) is 4.26. The lowest BCUT2D eigenvalue weighted by Crippen LogP contribution is -2.46. The number of imidazole rings is 1. The SMILES string of the molecule is Fc1cccc(CN2CCN(c3nccn4ccnc34)CC2)c1. The predicted molar refractivity (Wildman–Crippen MR) is 86.9 cm³/mol. The maximum absolute atomic E-state index is 13.3. The molecule has 5 nitrogen and oxygen atoms in total. The van der Waals surface area contributed by atoms with E-state index in [1.807, 2.05) is 29.1 Å². The summed E-state index contributed by atoms with van der Waals surface area (Å²) < 4.78 is 15.3. The van der Waals surface area contributed by atoms with E-state index in [0.717, 1.165) is 49.8 Å². The van der Waals surface area contributed by atoms with Crippen LogP contribution in [0.15, 0.2) is 49.1 Å². The maximum atomic E-state index is 13.3. The number of anilines is 1. The van der Waals surface area contributed by atoms with Crippen LogP contribution in [0.4, 0.5) is 10.2 Å². The van der Waals surface area contributed by atoms with E-state index in [2.05, 4.69) is 19.8 Å². The first-order valence-electron chi connectivity index (χ1n) is 7.79. The second kappa shape index (κ2) is 5.96. The molecule has 1 saturated heterocycles. The van der Waals surface area contributed by atoms with Gasteiger partial charge in [-0.3, -0.25) is 4.90 Å². The monoisotopic (exact) mass is 311 g/mol. The van der Waals surface area contributed by atoms with Crippen LogP contribution in [-0.2, 0) is 6.54 Å². The van der Waals surface area contributed by atoms with Gasteiger partial charge in [0.05, 0.1) is 0 Å². The first-order chi connectivity index (χ1) is 11.3. The van der Waals surface area contributed by atoms with E-state index in [0.29, 0.717) is 0 Å². The number of hydrogen-bond acceptors (Lipinski definition) is 4. The summed E-state index contributed by atoms with van der Waals surface area (Å²) in [5, 5.41) is 0. The van der Waals surface area contributed by atoms with Crippen LogP contribution < -0.4 is 4.90 Å². The predicted octanol–water partition coefficient (Wildman–Crippen LogP) is 2.19. The van der Waals surface area contributed by atoms with Crippen LogP contribution in [-0.4, -0.2) is 45.4 Å². The quantitative estimate of drug-likeness (QED) is 0.743. The van der Waals surface area contributed by atoms with E-state index in [1.165, 1.54) is 6.07 Å². The number of fused-ring (bicyclic) bond motifs is 1. The van der Waals surface area contributed by atoms with Crippen molar-refractivity contribution in [2.75, 3.05) is 31.1 Å². The molecule has 1 aliphatic heterocycles. The molecule has 0 amide bonds. The van der Waals surface area contributed by atoms with E-state index < -0.39 is 0 Å². The Balaban J connectivity index is 1.44. The van der Waals surface area contributed by atoms with E-state index in [9.17, 15) is 4.39 Å². The summed E-state index contributed by atoms with van der Waals surface area (Å²) in [5.41, 5.74) is 1.91. The lowest BCUT2D eigenvalue weighted by Gasteiger charge is -2.35. The van der Waals surface area contributed by atoms with Gasteiger partial charge >= 0.3 is 0 Å². The van der Waals surface area contributed by atoms with Crippen LogP contribution in [0.1, 0.15) is 5.56 Å². The average molecular weight is 311 g/mol. The molecule has 0 bridgehead atoms. The minimum Gasteiger partial charge on any atom is -0.351 e. The standard InChI is InChI=1S/C17H18FN5/c18-15-3-1-2-14(12-15)13-21-8-10-23(11-9-21)17-16-19-4-6-22(16)7-5-20-17/h1-7,12H,8-11,13H2. The molecule has 3 heterocycles. The Bertz CT molecular complexity index is 807. The highest BCUT2D eigenvalue weighted by Gasteiger charge is 2.20. The van der Waals surface area contributed by atoms with Gasteiger partial charge in [0.15, 0.2) is 11.5 Å². The maximum Gasteiger partial charge on any atom is 0.180 e. The van der Waals surface area contributed by atoms with Gasteiger partial charge in [0, 0.05) is 57.5 Å². The Morgan fingerprint density at radius 3 is 2.57 bits per heavy atom. The van der Waals surface area contributed by atoms with Crippen molar-refractivity contribution >= 4 is 11.5 Å². The highest BCUT2D eigenvalue weighted by Crippen LogP contribution is 2.19. The molecule has 0 radical (unpaired) electrons. The normalized spacial score (nSPS) is 16.1. The summed E-state index contributed by atoms with van der Waals surface area (Å²) in [4.78, 5) is 13.5. The number of benzene rings is 1. The minimum absolute atomic E-state index is 0.170. The highest BCUT2D eigenvalue weighted by molar-refractivity contribution is 5.64. The largest absolute Gasteiger partial charge is 0.351 e. The van der Waals surface area contributed by atoms with E-state index in [4.69, 9.17) is 0 Å². The second-order valence-electron chi connectivity index (χ2n) is 5.80. The van der Waals surface area contributed by atoms with Crippen molar-refractivity contribution in [2.24, 2.45) is 0 Å². The molecule has 118 valence electrons. The second-order valence-corrected chi connectivity index (χ2v) is 5.80. The molecule has 2 aromatic heterocycles. The van der Waals surface area contributed by atoms with Gasteiger partial charge in [-0.1, -0.05) is 12.1 Å². The van der Waals surface area contributed by atoms with Crippen LogP contribution >= 0.6 is 0 Å². The smallest absolute Gasteiger partial charge is 0.180 e. The van der Waals surface area contributed by atoms with Crippen LogP contribution in [0.2, 0.25) is 0 Å². The lowest BCUT2D eigenvalue weighted by atomic mass is 10.2. The number of rotatable bonds is 3. The molecule has 4 rings (SSSR count). The fraction of sp³-hybridized carbons (Fsp3) is 0.294. The van der Waals surface area contributed by atoms with Crippen molar-refractivity contribution in [3.05, 3.63) is 60.4 Å². The van der Waals surface area contributed by atoms with Gasteiger partial charge in [-0.2, -0.15) is 0 Å². The van der Waals surface area contributed by atoms with E-state index >= 15 is 0 Å². The molecular weight excluding hydrogens is 293 g/mol. The molecule has 1 aliphatic rings. The first kappa shape index (κ1) is 14.1. The van der Waals surface area contributed by atoms with Gasteiger partial charge < -0.3 is 9.30 Å². The Hall–Kier alpha value is -2.47. The molecule has 0 atom stereocenters. The summed E-state index contributed by atoms with van der Waals surface area (Å²) in [6, 6.07) is 6.84. The van der Waals surface area contributed by atoms with E-state index in [1.54, 1.807) is 18.3 Å². The first-order valence-corrected chi connectivity index (χ1v) is 7.79. The summed E-state index contributed by atoms with van der Waals surface area (Å²) in [6.45, 7) is 4.44. The van der Waals surface area contributed by atoms with E-state index in [-0.39, 0.29) is 5.82 Å². The molecule has 0 aliphatic carbocycles. The Morgan fingerprint density at radius 1 is 1.00 bits per heavy atom. The van der Waals surface area contributed by atoms with Crippen molar-refractivity contribution in [3.8, 4) is 0 Å². The van der Waals surface area contributed by atoms with Crippen molar-refractivity contribution in [1.29, 1.82) is 0 Å². The summed E-state index contributed by atoms with van der Waals surface area (Å²) >= 11 is 0. The lowest BCUT2D eigenvalue weighted by molar-refractivity contribution is 0.249. The zero-order chi connectivity index (χ0) is 15.6. The molecule has 1 aromatic carbocycles. The summed E-state index contributed by atoms with van der Waals surface area (Å²) in [5.74, 6) is 0.763. The van der Waals surface area contributed by atoms with Crippen LogP contribution in [0.25, 0.3) is 5.65 Å². The fourth-order valence-electron chi connectivity index (χ4n) is 3.07. The van der Waals surface area contributed by atoms with Crippen LogP contribution in [0, 0.1) is 5.82 Å². The summed E-state index contributed by atoms with van der Waals surface area (Å²) in [7, 11) is 0. The molecule has 0 spiro atoms. The van der Waals surface area contributed by atoms with Crippen molar-refractivity contribution in [3.63, 3.8) is 0 Å². The number of piperazine rings is 1. The molecule has 0 saturated carbocycles. The number of nitrogens with zero attached hydrogens (tertiary/aromatic N) is 5. The van der Waals surface area contributed by atoms with Gasteiger partial charge in [0.25, 0.3) is 0 Å². The Kier molecular flexibility index (Phi) is 3.67. The van der Waals surface area contributed by atoms with Crippen LogP contribution in [0.3, 0.4) is 0 Å². The molecule has 0 N–H and O–H groups in total.